The number of rotatable bonds is 4. The predicted octanol–water partition coefficient (Wildman–Crippen LogP) is 1.92. The van der Waals surface area contributed by atoms with E-state index in [4.69, 9.17) is 0 Å². The molecule has 1 rings (SSSR count). The Labute approximate surface area is 120 Å². The molecule has 0 spiro atoms. The number of nitrogens with zero attached hydrogens (tertiary/aromatic N) is 2. The van der Waals surface area contributed by atoms with Crippen LogP contribution < -0.4 is 0 Å². The van der Waals surface area contributed by atoms with Gasteiger partial charge in [-0.2, -0.15) is 0 Å². The number of hydrogen-bond acceptors (Lipinski definition) is 4. The first kappa shape index (κ1) is 16.0. The highest BCUT2D eigenvalue weighted by molar-refractivity contribution is 6.49. The van der Waals surface area contributed by atoms with Crippen LogP contribution in [-0.2, 0) is 9.59 Å². The van der Waals surface area contributed by atoms with Gasteiger partial charge in [0.15, 0.2) is 0 Å². The summed E-state index contributed by atoms with van der Waals surface area (Å²) in [5.41, 5.74) is 1.17. The quantitative estimate of drug-likeness (QED) is 0.580. The Morgan fingerprint density at radius 3 is 1.40 bits per heavy atom. The molecule has 0 aliphatic heterocycles. The number of ketones is 2. The monoisotopic (exact) mass is 274 g/mol. The van der Waals surface area contributed by atoms with Crippen LogP contribution in [0.1, 0.15) is 12.8 Å². The summed E-state index contributed by atoms with van der Waals surface area (Å²) >= 11 is 0. The van der Waals surface area contributed by atoms with E-state index in [0.29, 0.717) is 24.0 Å². The fourth-order valence-corrected chi connectivity index (χ4v) is 1.77. The van der Waals surface area contributed by atoms with Crippen molar-refractivity contribution in [2.75, 3.05) is 28.2 Å². The molecule has 4 heteroatoms. The summed E-state index contributed by atoms with van der Waals surface area (Å²) in [6, 6.07) is 0. The second-order valence-electron chi connectivity index (χ2n) is 5.15. The second-order valence-corrected chi connectivity index (χ2v) is 5.15. The molecule has 0 saturated heterocycles. The molecule has 0 aromatic carbocycles. The SMILES string of the molecule is CN(C)C=CC=C1CCC(=CC=CN(C)C)C(=O)C1=O. The van der Waals surface area contributed by atoms with Crippen LogP contribution in [0.3, 0.4) is 0 Å². The molecule has 20 heavy (non-hydrogen) atoms. The predicted molar refractivity (Wildman–Crippen MR) is 81.1 cm³/mol. The average Bonchev–Trinajstić information content (AvgIpc) is 2.36. The van der Waals surface area contributed by atoms with E-state index in [1.807, 2.05) is 50.4 Å². The van der Waals surface area contributed by atoms with Crippen LogP contribution >= 0.6 is 0 Å². The summed E-state index contributed by atoms with van der Waals surface area (Å²) in [6.07, 6.45) is 12.0. The summed E-state index contributed by atoms with van der Waals surface area (Å²) < 4.78 is 0. The minimum Gasteiger partial charge on any atom is -0.383 e. The lowest BCUT2D eigenvalue weighted by Gasteiger charge is -2.14. The molecule has 0 radical (unpaired) electrons. The fraction of sp³-hybridized carbons (Fsp3) is 0.375. The van der Waals surface area contributed by atoms with Crippen molar-refractivity contribution in [3.8, 4) is 0 Å². The molecule has 1 saturated carbocycles. The number of hydrogen-bond donors (Lipinski definition) is 0. The molecule has 1 aliphatic rings. The van der Waals surface area contributed by atoms with E-state index in [9.17, 15) is 9.59 Å². The smallest absolute Gasteiger partial charge is 0.229 e. The van der Waals surface area contributed by atoms with Crippen molar-refractivity contribution >= 4 is 11.6 Å². The normalized spacial score (nSPS) is 20.6. The van der Waals surface area contributed by atoms with E-state index in [0.717, 1.165) is 0 Å². The first-order chi connectivity index (χ1) is 9.41. The first-order valence-electron chi connectivity index (χ1n) is 6.58. The Balaban J connectivity index is 2.77. The van der Waals surface area contributed by atoms with Crippen molar-refractivity contribution in [3.63, 3.8) is 0 Å². The molecule has 0 amide bonds. The number of carbonyl (C=O) groups is 2. The van der Waals surface area contributed by atoms with Crippen LogP contribution in [0.25, 0.3) is 0 Å². The maximum Gasteiger partial charge on any atom is 0.229 e. The van der Waals surface area contributed by atoms with Crippen LogP contribution in [0.4, 0.5) is 0 Å². The van der Waals surface area contributed by atoms with Crippen LogP contribution in [0.5, 0.6) is 0 Å². The van der Waals surface area contributed by atoms with Crippen molar-refractivity contribution in [1.29, 1.82) is 0 Å². The topological polar surface area (TPSA) is 40.6 Å². The molecule has 4 nitrogen and oxygen atoms in total. The molecule has 0 bridgehead atoms. The van der Waals surface area contributed by atoms with Crippen molar-refractivity contribution in [2.45, 2.75) is 12.8 Å². The lowest BCUT2D eigenvalue weighted by atomic mass is 9.87. The summed E-state index contributed by atoms with van der Waals surface area (Å²) in [7, 11) is 7.61. The van der Waals surface area contributed by atoms with E-state index in [1.165, 1.54) is 0 Å². The van der Waals surface area contributed by atoms with Gasteiger partial charge in [-0.1, -0.05) is 12.2 Å². The average molecular weight is 274 g/mol. The van der Waals surface area contributed by atoms with Gasteiger partial charge in [-0.05, 0) is 37.4 Å². The van der Waals surface area contributed by atoms with Crippen LogP contribution in [0, 0.1) is 0 Å². The Morgan fingerprint density at radius 1 is 0.750 bits per heavy atom. The van der Waals surface area contributed by atoms with E-state index >= 15 is 0 Å². The Hall–Kier alpha value is -2.10. The molecule has 0 N–H and O–H groups in total. The molecular weight excluding hydrogens is 252 g/mol. The van der Waals surface area contributed by atoms with Gasteiger partial charge in [0, 0.05) is 39.3 Å². The Bertz CT molecular complexity index is 449. The summed E-state index contributed by atoms with van der Waals surface area (Å²) in [6.45, 7) is 0. The van der Waals surface area contributed by atoms with E-state index in [-0.39, 0.29) is 11.6 Å². The molecule has 0 unspecified atom stereocenters. The Kier molecular flexibility index (Phi) is 5.97. The van der Waals surface area contributed by atoms with Gasteiger partial charge in [0.2, 0.25) is 11.6 Å². The zero-order valence-electron chi connectivity index (χ0n) is 12.6. The lowest BCUT2D eigenvalue weighted by molar-refractivity contribution is -0.132. The standard InChI is InChI=1S/C16H22N2O2/c1-17(2)11-5-7-13-9-10-14(16(20)15(13)19)8-6-12-18(3)4/h5-8,11-12H,9-10H2,1-4H3. The van der Waals surface area contributed by atoms with E-state index in [1.54, 1.807) is 24.3 Å². The minimum absolute atomic E-state index is 0.385. The molecule has 1 fully saturated rings. The van der Waals surface area contributed by atoms with Gasteiger partial charge in [0.05, 0.1) is 0 Å². The number of allylic oxidation sites excluding steroid dienone is 6. The fourth-order valence-electron chi connectivity index (χ4n) is 1.77. The molecule has 0 aromatic heterocycles. The second kappa shape index (κ2) is 7.48. The van der Waals surface area contributed by atoms with Gasteiger partial charge in [0.25, 0.3) is 0 Å². The summed E-state index contributed by atoms with van der Waals surface area (Å²) in [4.78, 5) is 27.7. The highest BCUT2D eigenvalue weighted by atomic mass is 16.2. The van der Waals surface area contributed by atoms with Crippen LogP contribution in [0.2, 0.25) is 0 Å². The molecule has 108 valence electrons. The molecule has 0 aromatic rings. The highest BCUT2D eigenvalue weighted by Gasteiger charge is 2.27. The zero-order valence-corrected chi connectivity index (χ0v) is 12.6. The number of carbonyl (C=O) groups excluding carboxylic acids is 2. The van der Waals surface area contributed by atoms with Gasteiger partial charge in [-0.25, -0.2) is 0 Å². The molecule has 0 atom stereocenters. The third-order valence-corrected chi connectivity index (χ3v) is 2.82. The van der Waals surface area contributed by atoms with Gasteiger partial charge >= 0.3 is 0 Å². The summed E-state index contributed by atoms with van der Waals surface area (Å²) in [5, 5.41) is 0. The van der Waals surface area contributed by atoms with Gasteiger partial charge in [-0.15, -0.1) is 0 Å². The van der Waals surface area contributed by atoms with Gasteiger partial charge in [-0.3, -0.25) is 9.59 Å². The van der Waals surface area contributed by atoms with Gasteiger partial charge < -0.3 is 9.80 Å². The highest BCUT2D eigenvalue weighted by Crippen LogP contribution is 2.22. The molecule has 0 heterocycles. The molecular formula is C16H22N2O2. The zero-order chi connectivity index (χ0) is 15.1. The largest absolute Gasteiger partial charge is 0.383 e. The summed E-state index contributed by atoms with van der Waals surface area (Å²) in [5.74, 6) is -0.770. The van der Waals surface area contributed by atoms with Crippen molar-refractivity contribution in [3.05, 3.63) is 47.9 Å². The van der Waals surface area contributed by atoms with Gasteiger partial charge in [0.1, 0.15) is 0 Å². The molecule has 1 aliphatic carbocycles. The maximum atomic E-state index is 12.0. The van der Waals surface area contributed by atoms with Crippen LogP contribution in [0.15, 0.2) is 47.9 Å². The third-order valence-electron chi connectivity index (χ3n) is 2.82. The lowest BCUT2D eigenvalue weighted by Crippen LogP contribution is -2.23. The van der Waals surface area contributed by atoms with Crippen molar-refractivity contribution < 1.29 is 9.59 Å². The van der Waals surface area contributed by atoms with Crippen molar-refractivity contribution in [2.24, 2.45) is 0 Å². The van der Waals surface area contributed by atoms with Crippen molar-refractivity contribution in [1.82, 2.24) is 9.80 Å². The number of Topliss-reactive ketones (excluding diaryl/α,β-unsaturated/α-hetero) is 2. The van der Waals surface area contributed by atoms with E-state index in [2.05, 4.69) is 0 Å². The maximum absolute atomic E-state index is 12.0. The third kappa shape index (κ3) is 4.88. The minimum atomic E-state index is -0.385. The van der Waals surface area contributed by atoms with E-state index < -0.39 is 0 Å². The first-order valence-corrected chi connectivity index (χ1v) is 6.58. The van der Waals surface area contributed by atoms with Crippen LogP contribution in [-0.4, -0.2) is 49.6 Å². The Morgan fingerprint density at radius 2 is 1.10 bits per heavy atom.